The summed E-state index contributed by atoms with van der Waals surface area (Å²) in [6.45, 7) is 11.2. The van der Waals surface area contributed by atoms with Crippen LogP contribution in [0.5, 0.6) is 11.5 Å². The number of rotatable bonds is 25. The summed E-state index contributed by atoms with van der Waals surface area (Å²) in [4.78, 5) is 11.6. The Hall–Kier alpha value is -1.81. The first-order chi connectivity index (χ1) is 20.8. The van der Waals surface area contributed by atoms with Gasteiger partial charge in [-0.3, -0.25) is 0 Å². The van der Waals surface area contributed by atoms with E-state index in [4.69, 9.17) is 9.05 Å². The Morgan fingerprint density at radius 1 is 0.512 bits per heavy atom. The fraction of sp³-hybridized carbons (Fsp3) is 0.676. The molecule has 0 aliphatic rings. The van der Waals surface area contributed by atoms with E-state index < -0.39 is 7.82 Å². The van der Waals surface area contributed by atoms with Gasteiger partial charge >= 0.3 is 7.82 Å². The third-order valence-corrected chi connectivity index (χ3v) is 8.94. The van der Waals surface area contributed by atoms with Crippen LogP contribution in [0, 0.1) is 0 Å². The second-order valence-electron chi connectivity index (χ2n) is 12.3. The Bertz CT molecular complexity index is 838. The summed E-state index contributed by atoms with van der Waals surface area (Å²) in [5, 5.41) is 0. The van der Waals surface area contributed by atoms with Crippen molar-refractivity contribution >= 4 is 7.82 Å². The van der Waals surface area contributed by atoms with E-state index in [1.54, 1.807) is 60.7 Å². The van der Waals surface area contributed by atoms with E-state index in [0.29, 0.717) is 0 Å². The van der Waals surface area contributed by atoms with Gasteiger partial charge in [0, 0.05) is 0 Å². The number of benzene rings is 2. The normalized spacial score (nSPS) is 11.6. The molecule has 0 saturated carbocycles. The molecule has 0 amide bonds. The minimum absolute atomic E-state index is 0.224. The Morgan fingerprint density at radius 2 is 0.791 bits per heavy atom. The van der Waals surface area contributed by atoms with Gasteiger partial charge in [-0.1, -0.05) is 134 Å². The lowest BCUT2D eigenvalue weighted by Crippen LogP contribution is -2.46. The molecular weight excluding hydrogens is 553 g/mol. The second-order valence-corrected chi connectivity index (χ2v) is 13.6. The summed E-state index contributed by atoms with van der Waals surface area (Å²) in [6.07, 6.45) is 25.9. The lowest BCUT2D eigenvalue weighted by Gasteiger charge is -2.35. The molecule has 0 aromatic heterocycles. The van der Waals surface area contributed by atoms with Crippen LogP contribution < -0.4 is 13.9 Å². The van der Waals surface area contributed by atoms with E-state index in [0.717, 1.165) is 0 Å². The van der Waals surface area contributed by atoms with Crippen LogP contribution in [0.25, 0.3) is 0 Å². The predicted octanol–water partition coefficient (Wildman–Crippen LogP) is 11.1. The monoisotopic (exact) mass is 617 g/mol. The van der Waals surface area contributed by atoms with Crippen LogP contribution in [0.4, 0.5) is 0 Å². The molecule has 0 unspecified atom stereocenters. The number of nitrogens with zero attached hydrogens (tertiary/aromatic N) is 1. The van der Waals surface area contributed by atoms with Crippen LogP contribution in [0.3, 0.4) is 0 Å². The highest BCUT2D eigenvalue weighted by atomic mass is 31.2. The number of hydrogen-bond acceptors (Lipinski definition) is 4. The lowest BCUT2D eigenvalue weighted by molar-refractivity contribution is -0.910. The van der Waals surface area contributed by atoms with Crippen molar-refractivity contribution in [3.63, 3.8) is 0 Å². The zero-order chi connectivity index (χ0) is 31.5. The van der Waals surface area contributed by atoms with Crippen LogP contribution in [0.15, 0.2) is 60.7 Å². The summed E-state index contributed by atoms with van der Waals surface area (Å²) >= 11 is 0. The van der Waals surface area contributed by atoms with E-state index >= 15 is 0 Å². The Labute approximate surface area is 265 Å². The molecule has 0 aliphatic heterocycles. The van der Waals surface area contributed by atoms with Crippen molar-refractivity contribution in [1.29, 1.82) is 0 Å². The molecule has 5 nitrogen and oxygen atoms in total. The molecule has 0 atom stereocenters. The zero-order valence-corrected chi connectivity index (χ0v) is 29.0. The van der Waals surface area contributed by atoms with Gasteiger partial charge in [0.15, 0.2) is 0 Å². The maximum absolute atomic E-state index is 11.6. The average Bonchev–Trinajstić information content (AvgIpc) is 2.99. The van der Waals surface area contributed by atoms with Gasteiger partial charge in [-0.25, -0.2) is 4.57 Å². The van der Waals surface area contributed by atoms with Crippen molar-refractivity contribution in [2.45, 2.75) is 136 Å². The summed E-state index contributed by atoms with van der Waals surface area (Å²) in [7, 11) is -1.83. The summed E-state index contributed by atoms with van der Waals surface area (Å²) < 4.78 is 22.5. The van der Waals surface area contributed by atoms with Gasteiger partial charge < -0.3 is 18.4 Å². The van der Waals surface area contributed by atoms with Crippen LogP contribution in [0.2, 0.25) is 0 Å². The molecule has 0 aliphatic carbocycles. The fourth-order valence-corrected chi connectivity index (χ4v) is 6.19. The Morgan fingerprint density at radius 3 is 1.09 bits per heavy atom. The molecule has 0 fully saturated rings. The first kappa shape index (κ1) is 39.2. The minimum atomic E-state index is -4.39. The van der Waals surface area contributed by atoms with Crippen molar-refractivity contribution in [3.8, 4) is 11.5 Å². The number of quaternary nitrogens is 1. The summed E-state index contributed by atoms with van der Waals surface area (Å²) in [6, 6.07) is 16.4. The van der Waals surface area contributed by atoms with Gasteiger partial charge in [-0.15, -0.1) is 0 Å². The second kappa shape index (κ2) is 25.5. The van der Waals surface area contributed by atoms with Gasteiger partial charge in [0.1, 0.15) is 11.5 Å². The highest BCUT2D eigenvalue weighted by Crippen LogP contribution is 2.40. The van der Waals surface area contributed by atoms with Gasteiger partial charge in [0.2, 0.25) is 0 Å². The van der Waals surface area contributed by atoms with E-state index in [1.165, 1.54) is 140 Å². The highest BCUT2D eigenvalue weighted by Gasteiger charge is 2.20. The van der Waals surface area contributed by atoms with E-state index in [-0.39, 0.29) is 11.5 Å². The van der Waals surface area contributed by atoms with Crippen molar-refractivity contribution in [2.24, 2.45) is 0 Å². The van der Waals surface area contributed by atoms with Crippen LogP contribution in [-0.4, -0.2) is 31.2 Å². The highest BCUT2D eigenvalue weighted by molar-refractivity contribution is 7.46. The molecule has 0 radical (unpaired) electrons. The number of phosphoric ester groups is 1. The van der Waals surface area contributed by atoms with Crippen LogP contribution in [0.1, 0.15) is 136 Å². The topological polar surface area (TPSA) is 58.6 Å². The number of para-hydroxylation sites is 2. The van der Waals surface area contributed by atoms with Crippen molar-refractivity contribution in [2.75, 3.05) is 26.7 Å². The summed E-state index contributed by atoms with van der Waals surface area (Å²) in [5.74, 6) is 0.448. The van der Waals surface area contributed by atoms with Crippen molar-refractivity contribution in [1.82, 2.24) is 0 Å². The fourth-order valence-electron chi connectivity index (χ4n) is 5.40. The zero-order valence-electron chi connectivity index (χ0n) is 28.2. The SMILES string of the molecule is CCCCCCCC[N+](C)(CCCCCCCC)CCCCCCCC.O=P([O-])(Oc1ccccc1)Oc1ccccc1. The molecule has 6 heteroatoms. The maximum atomic E-state index is 11.6. The molecule has 2 rings (SSSR count). The quantitative estimate of drug-likeness (QED) is 0.0632. The maximum Gasteiger partial charge on any atom is 0.372 e. The average molecular weight is 618 g/mol. The smallest absolute Gasteiger partial charge is 0.372 e. The third kappa shape index (κ3) is 22.4. The van der Waals surface area contributed by atoms with Gasteiger partial charge in [-0.2, -0.15) is 0 Å². The molecule has 246 valence electrons. The van der Waals surface area contributed by atoms with Crippen LogP contribution >= 0.6 is 7.82 Å². The third-order valence-electron chi connectivity index (χ3n) is 8.08. The Kier molecular flexibility index (Phi) is 23.3. The Balaban J connectivity index is 0.000000465. The van der Waals surface area contributed by atoms with Gasteiger partial charge in [-0.05, 0) is 62.8 Å². The van der Waals surface area contributed by atoms with E-state index in [1.807, 2.05) is 0 Å². The lowest BCUT2D eigenvalue weighted by atomic mass is 10.1. The number of phosphoric acid groups is 1. The number of hydrogen-bond donors (Lipinski definition) is 0. The van der Waals surface area contributed by atoms with E-state index in [9.17, 15) is 9.46 Å². The molecule has 43 heavy (non-hydrogen) atoms. The van der Waals surface area contributed by atoms with Crippen molar-refractivity contribution in [3.05, 3.63) is 60.7 Å². The van der Waals surface area contributed by atoms with Gasteiger partial charge in [0.25, 0.3) is 0 Å². The first-order valence-electron chi connectivity index (χ1n) is 17.5. The molecule has 0 heterocycles. The van der Waals surface area contributed by atoms with Crippen LogP contribution in [-0.2, 0) is 4.57 Å². The van der Waals surface area contributed by atoms with E-state index in [2.05, 4.69) is 27.8 Å². The first-order valence-corrected chi connectivity index (χ1v) is 18.9. The molecule has 0 N–H and O–H groups in total. The van der Waals surface area contributed by atoms with Crippen molar-refractivity contribution < 1.29 is 23.0 Å². The molecular formula is C37H64NO4P. The standard InChI is InChI=1S/C25H54N.C12H11O4P/c1-5-8-11-14-17-20-23-26(4,24-21-18-15-12-9-6-2)25-22-19-16-13-10-7-3;13-17(14,15-11-7-3-1-4-8-11)16-12-9-5-2-6-10-12/h5-25H2,1-4H3;1-10H,(H,13,14)/q+1;/p-1. The molecule has 0 spiro atoms. The molecule has 0 saturated heterocycles. The predicted molar refractivity (Wildman–Crippen MR) is 183 cm³/mol. The number of unbranched alkanes of at least 4 members (excludes halogenated alkanes) is 15. The molecule has 2 aromatic rings. The minimum Gasteiger partial charge on any atom is -0.736 e. The largest absolute Gasteiger partial charge is 0.736 e. The molecule has 2 aromatic carbocycles. The summed E-state index contributed by atoms with van der Waals surface area (Å²) in [5.41, 5.74) is 0. The van der Waals surface area contributed by atoms with Gasteiger partial charge in [0.05, 0.1) is 26.7 Å². The molecule has 0 bridgehead atoms.